The Kier molecular flexibility index (Phi) is 21.9. The molecule has 0 saturated heterocycles. The predicted molar refractivity (Wildman–Crippen MR) is 108 cm³/mol. The van der Waals surface area contributed by atoms with Crippen LogP contribution >= 0.6 is 0 Å². The standard InChI is InChI=1S/C23H44O/c1-2-3-4-5-6-7-8-9-10-11-12-13-14-15-16-17-18-19-20-21-22-23-24/h22H,2-21H2,1H3. The SMILES string of the molecule is CCCCCCCCCCCCCCCCCCCCCC=C=O. The molecule has 0 atom stereocenters. The Morgan fingerprint density at radius 2 is 0.792 bits per heavy atom. The predicted octanol–water partition coefficient (Wildman–Crippen LogP) is 8.20. The molecule has 0 rings (SSSR count). The van der Waals surface area contributed by atoms with E-state index >= 15 is 0 Å². The Morgan fingerprint density at radius 1 is 0.500 bits per heavy atom. The molecule has 0 aliphatic rings. The van der Waals surface area contributed by atoms with Crippen LogP contribution in [0.3, 0.4) is 0 Å². The maximum absolute atomic E-state index is 10.0. The summed E-state index contributed by atoms with van der Waals surface area (Å²) in [5.41, 5.74) is 0. The fourth-order valence-electron chi connectivity index (χ4n) is 3.38. The second-order valence-electron chi connectivity index (χ2n) is 7.47. The molecule has 0 amide bonds. The molecule has 142 valence electrons. The fourth-order valence-corrected chi connectivity index (χ4v) is 3.38. The van der Waals surface area contributed by atoms with Gasteiger partial charge in [0.2, 0.25) is 0 Å². The zero-order chi connectivity index (χ0) is 17.6. The summed E-state index contributed by atoms with van der Waals surface area (Å²) < 4.78 is 0. The minimum Gasteiger partial charge on any atom is -0.234 e. The zero-order valence-corrected chi connectivity index (χ0v) is 16.6. The third-order valence-corrected chi connectivity index (χ3v) is 5.04. The molecule has 0 aromatic carbocycles. The van der Waals surface area contributed by atoms with Crippen LogP contribution in [-0.4, -0.2) is 5.94 Å². The highest BCUT2D eigenvalue weighted by Crippen LogP contribution is 2.14. The third kappa shape index (κ3) is 21.4. The van der Waals surface area contributed by atoms with Gasteiger partial charge in [-0.1, -0.05) is 122 Å². The second-order valence-corrected chi connectivity index (χ2v) is 7.47. The van der Waals surface area contributed by atoms with Crippen molar-refractivity contribution in [2.45, 2.75) is 135 Å². The molecule has 1 nitrogen and oxygen atoms in total. The van der Waals surface area contributed by atoms with Crippen molar-refractivity contribution in [3.63, 3.8) is 0 Å². The molecular weight excluding hydrogens is 292 g/mol. The smallest absolute Gasteiger partial charge is 0.120 e. The molecule has 24 heavy (non-hydrogen) atoms. The van der Waals surface area contributed by atoms with Gasteiger partial charge in [0.1, 0.15) is 5.94 Å². The van der Waals surface area contributed by atoms with E-state index in [1.165, 1.54) is 116 Å². The minimum absolute atomic E-state index is 0.919. The Labute approximate surface area is 152 Å². The van der Waals surface area contributed by atoms with E-state index in [9.17, 15) is 4.79 Å². The lowest BCUT2D eigenvalue weighted by Gasteiger charge is -2.03. The quantitative estimate of drug-likeness (QED) is 0.162. The lowest BCUT2D eigenvalue weighted by atomic mass is 10.0. The molecule has 0 aliphatic carbocycles. The normalized spacial score (nSPS) is 10.7. The van der Waals surface area contributed by atoms with E-state index in [-0.39, 0.29) is 0 Å². The summed E-state index contributed by atoms with van der Waals surface area (Å²) >= 11 is 0. The van der Waals surface area contributed by atoms with E-state index in [1.807, 2.05) is 5.94 Å². The molecule has 0 spiro atoms. The van der Waals surface area contributed by atoms with Gasteiger partial charge in [-0.25, -0.2) is 4.79 Å². The topological polar surface area (TPSA) is 17.1 Å². The summed E-state index contributed by atoms with van der Waals surface area (Å²) in [6.07, 6.45) is 29.3. The molecule has 0 unspecified atom stereocenters. The lowest BCUT2D eigenvalue weighted by molar-refractivity contribution is 0.523. The van der Waals surface area contributed by atoms with Gasteiger partial charge >= 0.3 is 0 Å². The number of unbranched alkanes of at least 4 members (excludes halogenated alkanes) is 19. The number of carbonyl (C=O) groups excluding carboxylic acids is 1. The summed E-state index contributed by atoms with van der Waals surface area (Å²) in [5, 5.41) is 0. The van der Waals surface area contributed by atoms with Crippen molar-refractivity contribution in [3.8, 4) is 0 Å². The summed E-state index contributed by atoms with van der Waals surface area (Å²) in [5.74, 6) is 1.85. The van der Waals surface area contributed by atoms with Crippen molar-refractivity contribution in [2.75, 3.05) is 0 Å². The average Bonchev–Trinajstić information content (AvgIpc) is 2.60. The van der Waals surface area contributed by atoms with Crippen molar-refractivity contribution in [2.24, 2.45) is 0 Å². The van der Waals surface area contributed by atoms with Crippen molar-refractivity contribution in [1.82, 2.24) is 0 Å². The monoisotopic (exact) mass is 336 g/mol. The first-order valence-electron chi connectivity index (χ1n) is 11.1. The average molecular weight is 337 g/mol. The first kappa shape index (κ1) is 23.4. The summed E-state index contributed by atoms with van der Waals surface area (Å²) in [6, 6.07) is 0. The van der Waals surface area contributed by atoms with E-state index in [0.717, 1.165) is 12.8 Å². The van der Waals surface area contributed by atoms with Gasteiger partial charge in [0.25, 0.3) is 0 Å². The van der Waals surface area contributed by atoms with Crippen LogP contribution in [0.4, 0.5) is 0 Å². The number of hydrogen-bond donors (Lipinski definition) is 0. The Morgan fingerprint density at radius 3 is 1.08 bits per heavy atom. The van der Waals surface area contributed by atoms with E-state index < -0.39 is 0 Å². The molecule has 0 heterocycles. The fraction of sp³-hybridized carbons (Fsp3) is 0.913. The molecule has 0 radical (unpaired) electrons. The molecule has 0 saturated carbocycles. The molecule has 0 bridgehead atoms. The molecule has 0 N–H and O–H groups in total. The first-order valence-corrected chi connectivity index (χ1v) is 11.1. The van der Waals surface area contributed by atoms with Crippen LogP contribution in [-0.2, 0) is 4.79 Å². The van der Waals surface area contributed by atoms with Gasteiger partial charge in [0, 0.05) is 0 Å². The largest absolute Gasteiger partial charge is 0.234 e. The zero-order valence-electron chi connectivity index (χ0n) is 16.6. The highest BCUT2D eigenvalue weighted by Gasteiger charge is 1.95. The van der Waals surface area contributed by atoms with Crippen molar-refractivity contribution in [1.29, 1.82) is 0 Å². The molecule has 0 fully saturated rings. The number of rotatable bonds is 20. The molecule has 1 heteroatoms. The first-order chi connectivity index (χ1) is 11.9. The van der Waals surface area contributed by atoms with Gasteiger partial charge in [-0.05, 0) is 18.9 Å². The van der Waals surface area contributed by atoms with Gasteiger partial charge in [-0.3, -0.25) is 0 Å². The van der Waals surface area contributed by atoms with Gasteiger partial charge in [-0.2, -0.15) is 0 Å². The van der Waals surface area contributed by atoms with E-state index in [1.54, 1.807) is 6.08 Å². The Balaban J connectivity index is 2.96. The van der Waals surface area contributed by atoms with Crippen LogP contribution in [0, 0.1) is 0 Å². The van der Waals surface area contributed by atoms with E-state index in [4.69, 9.17) is 0 Å². The third-order valence-electron chi connectivity index (χ3n) is 5.04. The maximum Gasteiger partial charge on any atom is 0.120 e. The van der Waals surface area contributed by atoms with Gasteiger partial charge in [-0.15, -0.1) is 0 Å². The van der Waals surface area contributed by atoms with E-state index in [2.05, 4.69) is 6.92 Å². The van der Waals surface area contributed by atoms with Crippen LogP contribution in [0.5, 0.6) is 0 Å². The number of allylic oxidation sites excluding steroid dienone is 1. The Bertz CT molecular complexity index is 265. The van der Waals surface area contributed by atoms with Gasteiger partial charge in [0.05, 0.1) is 0 Å². The summed E-state index contributed by atoms with van der Waals surface area (Å²) in [7, 11) is 0. The van der Waals surface area contributed by atoms with Crippen molar-refractivity contribution < 1.29 is 4.79 Å². The molecule has 0 aliphatic heterocycles. The van der Waals surface area contributed by atoms with Crippen molar-refractivity contribution in [3.05, 3.63) is 6.08 Å². The molecule has 0 aromatic rings. The second kappa shape index (κ2) is 22.4. The van der Waals surface area contributed by atoms with Crippen LogP contribution in [0.25, 0.3) is 0 Å². The van der Waals surface area contributed by atoms with Crippen LogP contribution in [0.15, 0.2) is 6.08 Å². The lowest BCUT2D eigenvalue weighted by Crippen LogP contribution is -1.84. The van der Waals surface area contributed by atoms with Crippen LogP contribution in [0.2, 0.25) is 0 Å². The molecule has 0 aromatic heterocycles. The van der Waals surface area contributed by atoms with Crippen LogP contribution in [0.1, 0.15) is 135 Å². The van der Waals surface area contributed by atoms with Crippen molar-refractivity contribution >= 4 is 5.94 Å². The highest BCUT2D eigenvalue weighted by atomic mass is 16.1. The highest BCUT2D eigenvalue weighted by molar-refractivity contribution is 5.44. The maximum atomic E-state index is 10.0. The minimum atomic E-state index is 0.919. The van der Waals surface area contributed by atoms with Gasteiger partial charge < -0.3 is 0 Å². The summed E-state index contributed by atoms with van der Waals surface area (Å²) in [4.78, 5) is 10.0. The summed E-state index contributed by atoms with van der Waals surface area (Å²) in [6.45, 7) is 2.29. The van der Waals surface area contributed by atoms with Crippen LogP contribution < -0.4 is 0 Å². The Hall–Kier alpha value is -0.550. The molecular formula is C23H44O. The number of hydrogen-bond acceptors (Lipinski definition) is 1. The van der Waals surface area contributed by atoms with E-state index in [0.29, 0.717) is 0 Å². The van der Waals surface area contributed by atoms with Gasteiger partial charge in [0.15, 0.2) is 0 Å².